The van der Waals surface area contributed by atoms with Crippen molar-refractivity contribution in [1.29, 1.82) is 0 Å². The van der Waals surface area contributed by atoms with E-state index in [1.807, 2.05) is 24.3 Å². The van der Waals surface area contributed by atoms with E-state index in [9.17, 15) is 9.59 Å². The summed E-state index contributed by atoms with van der Waals surface area (Å²) in [5, 5.41) is 12.0. The number of nitrogens with one attached hydrogen (secondary N) is 1. The number of benzene rings is 2. The molecule has 0 saturated heterocycles. The third-order valence-corrected chi connectivity index (χ3v) is 4.28. The Labute approximate surface area is 153 Å². The third kappa shape index (κ3) is 2.95. The number of aromatic amines is 1. The van der Waals surface area contributed by atoms with Crippen molar-refractivity contribution in [2.45, 2.75) is 0 Å². The van der Waals surface area contributed by atoms with E-state index < -0.39 is 5.97 Å². The van der Waals surface area contributed by atoms with Crippen molar-refractivity contribution in [3.05, 3.63) is 76.6 Å². The smallest absolute Gasteiger partial charge is 0.335 e. The normalized spacial score (nSPS) is 10.9. The lowest BCUT2D eigenvalue weighted by molar-refractivity contribution is 0.0697. The molecule has 0 fully saturated rings. The number of carbonyl (C=O) groups is 1. The van der Waals surface area contributed by atoms with Crippen LogP contribution in [-0.2, 0) is 0 Å². The van der Waals surface area contributed by atoms with Crippen LogP contribution in [0.4, 0.5) is 0 Å². The summed E-state index contributed by atoms with van der Waals surface area (Å²) in [4.78, 5) is 28.0. The van der Waals surface area contributed by atoms with Gasteiger partial charge in [-0.05, 0) is 24.3 Å². The summed E-state index contributed by atoms with van der Waals surface area (Å²) in [7, 11) is 1.59. The molecule has 0 radical (unpaired) electrons. The number of aromatic nitrogens is 3. The minimum atomic E-state index is -1.00. The molecule has 2 aromatic carbocycles. The molecule has 0 saturated carbocycles. The highest BCUT2D eigenvalue weighted by atomic mass is 16.5. The minimum absolute atomic E-state index is 0.177. The minimum Gasteiger partial charge on any atom is -0.496 e. The van der Waals surface area contributed by atoms with Crippen molar-refractivity contribution in [2.24, 2.45) is 0 Å². The van der Waals surface area contributed by atoms with Gasteiger partial charge in [0.05, 0.1) is 24.1 Å². The van der Waals surface area contributed by atoms with Crippen LogP contribution in [0.1, 0.15) is 10.4 Å². The molecule has 7 heteroatoms. The summed E-state index contributed by atoms with van der Waals surface area (Å²) in [6.45, 7) is 0. The van der Waals surface area contributed by atoms with Crippen LogP contribution < -0.4 is 10.3 Å². The first-order valence-corrected chi connectivity index (χ1v) is 8.17. The molecular formula is C20H15N3O4. The second-order valence-electron chi connectivity index (χ2n) is 5.93. The maximum absolute atomic E-state index is 12.5. The predicted octanol–water partition coefficient (Wildman–Crippen LogP) is 3.06. The topological polar surface area (TPSA) is 96.7 Å². The van der Waals surface area contributed by atoms with Crippen molar-refractivity contribution in [3.63, 3.8) is 0 Å². The molecule has 2 aromatic heterocycles. The molecule has 0 spiro atoms. The van der Waals surface area contributed by atoms with E-state index in [1.165, 1.54) is 22.7 Å². The van der Waals surface area contributed by atoms with Gasteiger partial charge in [-0.1, -0.05) is 24.3 Å². The van der Waals surface area contributed by atoms with E-state index in [-0.39, 0.29) is 11.1 Å². The Morgan fingerprint density at radius 2 is 1.85 bits per heavy atom. The van der Waals surface area contributed by atoms with Gasteiger partial charge in [-0.15, -0.1) is 0 Å². The maximum Gasteiger partial charge on any atom is 0.335 e. The van der Waals surface area contributed by atoms with Crippen molar-refractivity contribution < 1.29 is 14.6 Å². The van der Waals surface area contributed by atoms with Gasteiger partial charge in [-0.2, -0.15) is 0 Å². The Kier molecular flexibility index (Phi) is 3.97. The predicted molar refractivity (Wildman–Crippen MR) is 100 cm³/mol. The number of ether oxygens (including phenoxy) is 1. The molecule has 2 heterocycles. The summed E-state index contributed by atoms with van der Waals surface area (Å²) in [5.41, 5.74) is 3.03. The maximum atomic E-state index is 12.5. The average Bonchev–Trinajstić information content (AvgIpc) is 3.12. The number of nitrogens with zero attached hydrogens (tertiary/aromatic N) is 2. The lowest BCUT2D eigenvalue weighted by Crippen LogP contribution is -2.14. The summed E-state index contributed by atoms with van der Waals surface area (Å²) in [6.07, 6.45) is 0. The lowest BCUT2D eigenvalue weighted by atomic mass is 10.1. The van der Waals surface area contributed by atoms with Gasteiger partial charge in [0.25, 0.3) is 5.56 Å². The Morgan fingerprint density at radius 1 is 1.11 bits per heavy atom. The Hall–Kier alpha value is -3.87. The molecule has 27 heavy (non-hydrogen) atoms. The zero-order valence-electron chi connectivity index (χ0n) is 14.3. The molecule has 0 aliphatic carbocycles. The van der Waals surface area contributed by atoms with E-state index in [0.717, 1.165) is 5.56 Å². The molecule has 0 amide bonds. The second-order valence-corrected chi connectivity index (χ2v) is 5.93. The van der Waals surface area contributed by atoms with E-state index in [0.29, 0.717) is 28.3 Å². The van der Waals surface area contributed by atoms with Crippen molar-refractivity contribution in [1.82, 2.24) is 14.6 Å². The van der Waals surface area contributed by atoms with Crippen LogP contribution in [-0.4, -0.2) is 32.8 Å². The van der Waals surface area contributed by atoms with Crippen LogP contribution in [0.3, 0.4) is 0 Å². The van der Waals surface area contributed by atoms with Crippen LogP contribution in [0, 0.1) is 0 Å². The number of hydrogen-bond acceptors (Lipinski definition) is 4. The van der Waals surface area contributed by atoms with Crippen LogP contribution in [0.15, 0.2) is 65.5 Å². The van der Waals surface area contributed by atoms with E-state index in [2.05, 4.69) is 10.1 Å². The summed E-state index contributed by atoms with van der Waals surface area (Å²) < 4.78 is 6.73. The molecule has 134 valence electrons. The van der Waals surface area contributed by atoms with Crippen molar-refractivity contribution >= 4 is 11.6 Å². The Bertz CT molecular complexity index is 1210. The third-order valence-electron chi connectivity index (χ3n) is 4.28. The number of rotatable bonds is 4. The average molecular weight is 361 g/mol. The first-order valence-electron chi connectivity index (χ1n) is 8.17. The van der Waals surface area contributed by atoms with Gasteiger partial charge in [-0.25, -0.2) is 14.3 Å². The van der Waals surface area contributed by atoms with Gasteiger partial charge >= 0.3 is 5.97 Å². The molecular weight excluding hydrogens is 346 g/mol. The number of carboxylic acid groups (broad SMARTS) is 1. The number of carboxylic acids is 1. The molecule has 0 atom stereocenters. The summed E-state index contributed by atoms with van der Waals surface area (Å²) in [6, 6.07) is 16.9. The zero-order chi connectivity index (χ0) is 19.0. The molecule has 0 unspecified atom stereocenters. The fourth-order valence-electron chi connectivity index (χ4n) is 2.93. The number of para-hydroxylation sites is 1. The highest BCUT2D eigenvalue weighted by Crippen LogP contribution is 2.29. The van der Waals surface area contributed by atoms with Gasteiger partial charge in [0.1, 0.15) is 5.75 Å². The monoisotopic (exact) mass is 361 g/mol. The van der Waals surface area contributed by atoms with E-state index >= 15 is 0 Å². The van der Waals surface area contributed by atoms with Gasteiger partial charge in [0.15, 0.2) is 5.65 Å². The Balaban J connectivity index is 1.82. The standard InChI is InChI=1S/C20H15N3O4/c1-27-17-5-3-2-4-14(17)16-10-18-21-15(11-19(24)23(18)22-16)12-6-8-13(9-7-12)20(25)26/h2-11,22H,1H3,(H,25,26). The second kappa shape index (κ2) is 6.45. The highest BCUT2D eigenvalue weighted by molar-refractivity contribution is 5.88. The Morgan fingerprint density at radius 3 is 2.56 bits per heavy atom. The van der Waals surface area contributed by atoms with Crippen LogP contribution in [0.5, 0.6) is 5.75 Å². The van der Waals surface area contributed by atoms with Crippen molar-refractivity contribution in [3.8, 4) is 28.3 Å². The van der Waals surface area contributed by atoms with Gasteiger partial charge in [0, 0.05) is 23.3 Å². The molecule has 0 bridgehead atoms. The quantitative estimate of drug-likeness (QED) is 0.582. The number of aromatic carboxylic acids is 1. The van der Waals surface area contributed by atoms with E-state index in [1.54, 1.807) is 25.3 Å². The number of methoxy groups -OCH3 is 1. The van der Waals surface area contributed by atoms with Crippen LogP contribution >= 0.6 is 0 Å². The molecule has 2 N–H and O–H groups in total. The van der Waals surface area contributed by atoms with Gasteiger partial charge in [0.2, 0.25) is 0 Å². The first-order chi connectivity index (χ1) is 13.1. The molecule has 4 rings (SSSR count). The molecule has 7 nitrogen and oxygen atoms in total. The SMILES string of the molecule is COc1ccccc1-c1cc2nc(-c3ccc(C(=O)O)cc3)cc(=O)n2[nH]1. The molecule has 0 aliphatic rings. The lowest BCUT2D eigenvalue weighted by Gasteiger charge is -2.05. The van der Waals surface area contributed by atoms with Gasteiger partial charge in [-0.3, -0.25) is 9.89 Å². The van der Waals surface area contributed by atoms with Crippen LogP contribution in [0.25, 0.3) is 28.2 Å². The van der Waals surface area contributed by atoms with Crippen LogP contribution in [0.2, 0.25) is 0 Å². The van der Waals surface area contributed by atoms with E-state index in [4.69, 9.17) is 9.84 Å². The summed E-state index contributed by atoms with van der Waals surface area (Å²) in [5.74, 6) is -0.321. The molecule has 4 aromatic rings. The summed E-state index contributed by atoms with van der Waals surface area (Å²) >= 11 is 0. The van der Waals surface area contributed by atoms with Crippen molar-refractivity contribution in [2.75, 3.05) is 7.11 Å². The van der Waals surface area contributed by atoms with Gasteiger partial charge < -0.3 is 9.84 Å². The number of fused-ring (bicyclic) bond motifs is 1. The highest BCUT2D eigenvalue weighted by Gasteiger charge is 2.12. The zero-order valence-corrected chi connectivity index (χ0v) is 14.3. The number of H-pyrrole nitrogens is 1. The number of hydrogen-bond donors (Lipinski definition) is 2. The molecule has 0 aliphatic heterocycles. The fraction of sp³-hybridized carbons (Fsp3) is 0.0500. The first kappa shape index (κ1) is 16.6. The fourth-order valence-corrected chi connectivity index (χ4v) is 2.93. The largest absolute Gasteiger partial charge is 0.496 e.